The summed E-state index contributed by atoms with van der Waals surface area (Å²) in [6, 6.07) is 7.20. The number of carbonyl (C=O) groups is 1. The molecular weight excluding hydrogens is 372 g/mol. The highest BCUT2D eigenvalue weighted by Gasteiger charge is 1.98. The van der Waals surface area contributed by atoms with Crippen molar-refractivity contribution >= 4 is 17.6 Å². The minimum absolute atomic E-state index is 0.166. The molecule has 0 amide bonds. The number of benzene rings is 1. The van der Waals surface area contributed by atoms with E-state index in [9.17, 15) is 4.79 Å². The van der Waals surface area contributed by atoms with E-state index in [4.69, 9.17) is 21.1 Å². The van der Waals surface area contributed by atoms with E-state index in [1.807, 2.05) is 12.1 Å². The zero-order valence-electron chi connectivity index (χ0n) is 16.1. The van der Waals surface area contributed by atoms with Gasteiger partial charge in [-0.15, -0.1) is 5.92 Å². The Balaban J connectivity index is 2.07. The summed E-state index contributed by atoms with van der Waals surface area (Å²) in [4.78, 5) is 11.1. The van der Waals surface area contributed by atoms with Gasteiger partial charge >= 0.3 is 5.97 Å². The maximum absolute atomic E-state index is 11.1. The van der Waals surface area contributed by atoms with Crippen molar-refractivity contribution in [1.82, 2.24) is 0 Å². The number of esters is 1. The van der Waals surface area contributed by atoms with Gasteiger partial charge in [-0.25, -0.2) is 0 Å². The first-order valence-corrected chi connectivity index (χ1v) is 9.47. The van der Waals surface area contributed by atoms with Crippen LogP contribution in [-0.4, -0.2) is 19.2 Å². The highest BCUT2D eigenvalue weighted by atomic mass is 35.5. The van der Waals surface area contributed by atoms with E-state index in [1.54, 1.807) is 19.1 Å². The molecule has 1 aromatic carbocycles. The molecule has 0 atom stereocenters. The maximum atomic E-state index is 11.1. The monoisotopic (exact) mass is 394 g/mol. The molecule has 3 nitrogen and oxygen atoms in total. The van der Waals surface area contributed by atoms with E-state index in [-0.39, 0.29) is 5.97 Å². The maximum Gasteiger partial charge on any atom is 0.305 e. The van der Waals surface area contributed by atoms with E-state index < -0.39 is 0 Å². The zero-order valence-corrected chi connectivity index (χ0v) is 16.8. The zero-order chi connectivity index (χ0) is 20.3. The average molecular weight is 395 g/mol. The molecule has 144 valence electrons. The molecule has 0 saturated carbocycles. The van der Waals surface area contributed by atoms with Crippen molar-refractivity contribution in [2.75, 3.05) is 13.2 Å². The third-order valence-electron chi connectivity index (χ3n) is 3.13. The summed E-state index contributed by atoms with van der Waals surface area (Å²) in [7, 11) is 0. The Morgan fingerprint density at radius 1 is 0.964 bits per heavy atom. The first-order valence-electron chi connectivity index (χ1n) is 9.09. The molecule has 0 fully saturated rings. The van der Waals surface area contributed by atoms with Crippen molar-refractivity contribution in [2.24, 2.45) is 0 Å². The molecule has 0 aliphatic carbocycles. The van der Waals surface area contributed by atoms with Gasteiger partial charge in [0.2, 0.25) is 0 Å². The van der Waals surface area contributed by atoms with Crippen molar-refractivity contribution in [1.29, 1.82) is 0 Å². The first kappa shape index (κ1) is 23.1. The Morgan fingerprint density at radius 3 is 2.25 bits per heavy atom. The summed E-state index contributed by atoms with van der Waals surface area (Å²) >= 11 is 5.87. The number of ether oxygens (including phenoxy) is 2. The minimum atomic E-state index is -0.166. The highest BCUT2D eigenvalue weighted by molar-refractivity contribution is 6.30. The van der Waals surface area contributed by atoms with Gasteiger partial charge in [0.05, 0.1) is 25.9 Å². The number of rotatable bonds is 6. The van der Waals surface area contributed by atoms with Gasteiger partial charge < -0.3 is 9.47 Å². The van der Waals surface area contributed by atoms with Crippen LogP contribution in [0.5, 0.6) is 5.75 Å². The van der Waals surface area contributed by atoms with Crippen LogP contribution in [0.4, 0.5) is 0 Å². The van der Waals surface area contributed by atoms with Crippen LogP contribution in [-0.2, 0) is 9.53 Å². The molecule has 0 spiro atoms. The second-order valence-corrected chi connectivity index (χ2v) is 5.79. The van der Waals surface area contributed by atoms with Crippen molar-refractivity contribution in [3.05, 3.63) is 29.3 Å². The van der Waals surface area contributed by atoms with Crippen molar-refractivity contribution < 1.29 is 14.3 Å². The molecule has 0 bridgehead atoms. The van der Waals surface area contributed by atoms with Crippen LogP contribution < -0.4 is 4.74 Å². The summed E-state index contributed by atoms with van der Waals surface area (Å²) in [6.45, 7) is 2.53. The summed E-state index contributed by atoms with van der Waals surface area (Å²) in [5.41, 5.74) is 0. The van der Waals surface area contributed by atoms with Gasteiger partial charge in [-0.3, -0.25) is 4.79 Å². The lowest BCUT2D eigenvalue weighted by atomic mass is 10.2. The number of unbranched alkanes of at least 4 members (excludes halogenated alkanes) is 1. The lowest BCUT2D eigenvalue weighted by Gasteiger charge is -2.00. The van der Waals surface area contributed by atoms with Crippen molar-refractivity contribution in [3.63, 3.8) is 0 Å². The third-order valence-corrected chi connectivity index (χ3v) is 3.36. The van der Waals surface area contributed by atoms with Gasteiger partial charge in [0.15, 0.2) is 0 Å². The van der Waals surface area contributed by atoms with Crippen LogP contribution in [0, 0.1) is 47.4 Å². The lowest BCUT2D eigenvalue weighted by Crippen LogP contribution is -2.02. The van der Waals surface area contributed by atoms with Crippen LogP contribution in [0.3, 0.4) is 0 Å². The molecule has 0 saturated heterocycles. The van der Waals surface area contributed by atoms with Crippen LogP contribution in [0.1, 0.15) is 45.4 Å². The molecule has 1 aromatic rings. The summed E-state index contributed by atoms with van der Waals surface area (Å²) in [6.07, 6.45) is 3.32. The third kappa shape index (κ3) is 13.3. The Kier molecular flexibility index (Phi) is 13.4. The molecule has 4 heteroatoms. The number of hydrogen-bond acceptors (Lipinski definition) is 3. The Bertz CT molecular complexity index is 858. The molecule has 28 heavy (non-hydrogen) atoms. The second kappa shape index (κ2) is 16.2. The lowest BCUT2D eigenvalue weighted by molar-refractivity contribution is -0.143. The quantitative estimate of drug-likeness (QED) is 0.400. The smallest absolute Gasteiger partial charge is 0.305 e. The van der Waals surface area contributed by atoms with Crippen molar-refractivity contribution in [3.8, 4) is 53.1 Å². The normalized spacial score (nSPS) is 8.50. The fraction of sp³-hybridized carbons (Fsp3) is 0.375. The number of halogens is 1. The van der Waals surface area contributed by atoms with Gasteiger partial charge in [-0.2, -0.15) is 0 Å². The van der Waals surface area contributed by atoms with Gasteiger partial charge in [0.25, 0.3) is 0 Å². The van der Waals surface area contributed by atoms with E-state index >= 15 is 0 Å². The van der Waals surface area contributed by atoms with Gasteiger partial charge in [-0.1, -0.05) is 59.1 Å². The highest BCUT2D eigenvalue weighted by Crippen LogP contribution is 2.16. The Labute approximate surface area is 173 Å². The Morgan fingerprint density at radius 2 is 1.61 bits per heavy atom. The predicted molar refractivity (Wildman–Crippen MR) is 112 cm³/mol. The van der Waals surface area contributed by atoms with E-state index in [1.165, 1.54) is 0 Å². The summed E-state index contributed by atoms with van der Waals surface area (Å²) in [5.74, 6) is 24.1. The molecule has 0 heterocycles. The molecule has 1 rings (SSSR count). The SMILES string of the molecule is CCOC(=O)CCCC#CCC#CCC#CCC#CCOc1cccc(Cl)c1. The number of carbonyl (C=O) groups excluding carboxylic acids is 1. The largest absolute Gasteiger partial charge is 0.481 e. The van der Waals surface area contributed by atoms with Crippen LogP contribution in [0.2, 0.25) is 5.02 Å². The predicted octanol–water partition coefficient (Wildman–Crippen LogP) is 4.64. The van der Waals surface area contributed by atoms with Crippen molar-refractivity contribution in [2.45, 2.75) is 45.4 Å². The standard InChI is InChI=1S/C24H23ClO3/c1-2-27-24(26)19-14-12-10-8-6-4-3-5-7-9-11-13-15-20-28-23-18-16-17-22(25)21-23/h16-18,21H,2,5-6,11-12,14,19-20H2,1H3. The molecule has 0 unspecified atom stereocenters. The van der Waals surface area contributed by atoms with Gasteiger partial charge in [0, 0.05) is 17.9 Å². The van der Waals surface area contributed by atoms with E-state index in [0.29, 0.717) is 56.1 Å². The fourth-order valence-electron chi connectivity index (χ4n) is 1.88. The molecule has 0 radical (unpaired) electrons. The van der Waals surface area contributed by atoms with E-state index in [2.05, 4.69) is 47.4 Å². The van der Waals surface area contributed by atoms with Gasteiger partial charge in [0.1, 0.15) is 12.4 Å². The molecule has 0 aliphatic rings. The first-order chi connectivity index (χ1) is 13.7. The number of hydrogen-bond donors (Lipinski definition) is 0. The molecular formula is C24H23ClO3. The fourth-order valence-corrected chi connectivity index (χ4v) is 2.06. The average Bonchev–Trinajstić information content (AvgIpc) is 2.68. The molecule has 0 aromatic heterocycles. The topological polar surface area (TPSA) is 35.5 Å². The summed E-state index contributed by atoms with van der Waals surface area (Å²) < 4.78 is 10.3. The minimum Gasteiger partial charge on any atom is -0.481 e. The van der Waals surface area contributed by atoms with Crippen LogP contribution in [0.15, 0.2) is 24.3 Å². The van der Waals surface area contributed by atoms with Crippen LogP contribution in [0.25, 0.3) is 0 Å². The van der Waals surface area contributed by atoms with Gasteiger partial charge in [-0.05, 0) is 31.5 Å². The molecule has 0 aliphatic heterocycles. The summed E-state index contributed by atoms with van der Waals surface area (Å²) in [5, 5.41) is 0.636. The second-order valence-electron chi connectivity index (χ2n) is 5.35. The molecule has 0 N–H and O–H groups in total. The van der Waals surface area contributed by atoms with E-state index in [0.717, 1.165) is 6.42 Å². The Hall–Kier alpha value is -2.98. The van der Waals surface area contributed by atoms with Crippen LogP contribution >= 0.6 is 11.6 Å².